The molecule has 4 nitrogen and oxygen atoms in total. The van der Waals surface area contributed by atoms with E-state index in [-0.39, 0.29) is 5.78 Å². The summed E-state index contributed by atoms with van der Waals surface area (Å²) < 4.78 is 18.4. The molecule has 0 fully saturated rings. The first-order valence-electron chi connectivity index (χ1n) is 14.2. The lowest BCUT2D eigenvalue weighted by molar-refractivity contribution is -0.883. The maximum Gasteiger partial charge on any atom is 0.385 e. The molecule has 0 spiro atoms. The van der Waals surface area contributed by atoms with Crippen LogP contribution in [0.1, 0.15) is 136 Å². The van der Waals surface area contributed by atoms with Gasteiger partial charge in [0.1, 0.15) is 0 Å². The number of unbranched alkanes of at least 4 members (excludes halogenated alkanes) is 16. The third-order valence-electron chi connectivity index (χ3n) is 6.57. The highest BCUT2D eigenvalue weighted by Gasteiger charge is 2.41. The van der Waals surface area contributed by atoms with Gasteiger partial charge in [0.15, 0.2) is 5.78 Å². The molecule has 33 heavy (non-hydrogen) atoms. The van der Waals surface area contributed by atoms with Crippen molar-refractivity contribution in [2.45, 2.75) is 142 Å². The molecule has 0 aliphatic heterocycles. The molecule has 0 saturated heterocycles. The molecule has 0 aliphatic carbocycles. The summed E-state index contributed by atoms with van der Waals surface area (Å²) in [5.74, 6) is -0.348. The van der Waals surface area contributed by atoms with Gasteiger partial charge in [-0.25, -0.2) is 0 Å². The Morgan fingerprint density at radius 3 is 1.48 bits per heavy atom. The van der Waals surface area contributed by atoms with Crippen LogP contribution in [0.2, 0.25) is 0 Å². The first-order chi connectivity index (χ1) is 15.8. The second kappa shape index (κ2) is 21.2. The SMILES string of the molecule is CCCCCCC/C=C\CCCCCCCCCCCCCOP(=O)(O)C(CC)[N+](C)(C)C. The van der Waals surface area contributed by atoms with Crippen molar-refractivity contribution in [2.75, 3.05) is 27.7 Å². The molecule has 0 aromatic carbocycles. The molecule has 0 rings (SSSR count). The van der Waals surface area contributed by atoms with Gasteiger partial charge in [-0.1, -0.05) is 109 Å². The highest BCUT2D eigenvalue weighted by atomic mass is 31.2. The van der Waals surface area contributed by atoms with E-state index in [1.54, 1.807) is 0 Å². The Hall–Kier alpha value is -0.150. The molecule has 2 atom stereocenters. The van der Waals surface area contributed by atoms with Gasteiger partial charge in [0.05, 0.1) is 27.7 Å². The van der Waals surface area contributed by atoms with Gasteiger partial charge in [-0.15, -0.1) is 0 Å². The Kier molecular flexibility index (Phi) is 21.1. The van der Waals surface area contributed by atoms with Gasteiger partial charge in [0.25, 0.3) is 0 Å². The van der Waals surface area contributed by atoms with Crippen molar-refractivity contribution in [1.82, 2.24) is 0 Å². The van der Waals surface area contributed by atoms with Gasteiger partial charge in [-0.3, -0.25) is 4.57 Å². The zero-order valence-electron chi connectivity index (χ0n) is 23.0. The van der Waals surface area contributed by atoms with Gasteiger partial charge < -0.3 is 13.9 Å². The minimum Gasteiger partial charge on any atom is -0.320 e. The zero-order chi connectivity index (χ0) is 24.8. The summed E-state index contributed by atoms with van der Waals surface area (Å²) in [6.07, 6.45) is 28.9. The van der Waals surface area contributed by atoms with E-state index in [0.29, 0.717) is 17.5 Å². The molecule has 198 valence electrons. The monoisotopic (exact) mass is 488 g/mol. The van der Waals surface area contributed by atoms with E-state index in [4.69, 9.17) is 4.52 Å². The van der Waals surface area contributed by atoms with Crippen molar-refractivity contribution in [2.24, 2.45) is 0 Å². The molecule has 2 unspecified atom stereocenters. The number of hydrogen-bond donors (Lipinski definition) is 1. The fourth-order valence-electron chi connectivity index (χ4n) is 4.55. The quantitative estimate of drug-likeness (QED) is 0.0637. The fourth-order valence-corrected chi connectivity index (χ4v) is 6.45. The summed E-state index contributed by atoms with van der Waals surface area (Å²) in [6, 6.07) is 0. The first-order valence-corrected chi connectivity index (χ1v) is 15.8. The molecule has 0 aromatic rings. The number of rotatable bonds is 24. The minimum absolute atomic E-state index is 0.348. The van der Waals surface area contributed by atoms with Gasteiger partial charge in [0.2, 0.25) is 0 Å². The Morgan fingerprint density at radius 1 is 0.697 bits per heavy atom. The topological polar surface area (TPSA) is 46.5 Å². The summed E-state index contributed by atoms with van der Waals surface area (Å²) >= 11 is 0. The third-order valence-corrected chi connectivity index (χ3v) is 8.93. The van der Waals surface area contributed by atoms with Crippen molar-refractivity contribution in [1.29, 1.82) is 0 Å². The molecule has 0 heterocycles. The Bertz CT molecular complexity index is 502. The van der Waals surface area contributed by atoms with E-state index in [0.717, 1.165) is 12.8 Å². The molecule has 0 aromatic heterocycles. The van der Waals surface area contributed by atoms with Crippen LogP contribution in [0.25, 0.3) is 0 Å². The molecule has 1 N–H and O–H groups in total. The van der Waals surface area contributed by atoms with Crippen LogP contribution < -0.4 is 0 Å². The minimum atomic E-state index is -3.55. The summed E-state index contributed by atoms with van der Waals surface area (Å²) in [7, 11) is 2.31. The van der Waals surface area contributed by atoms with E-state index >= 15 is 0 Å². The first kappa shape index (κ1) is 32.8. The van der Waals surface area contributed by atoms with E-state index < -0.39 is 7.60 Å². The molecule has 0 aliphatic rings. The lowest BCUT2D eigenvalue weighted by Crippen LogP contribution is -2.44. The predicted molar refractivity (Wildman–Crippen MR) is 146 cm³/mol. The smallest absolute Gasteiger partial charge is 0.320 e. The van der Waals surface area contributed by atoms with Crippen molar-refractivity contribution in [3.05, 3.63) is 12.2 Å². The van der Waals surface area contributed by atoms with Gasteiger partial charge in [0, 0.05) is 6.42 Å². The summed E-state index contributed by atoms with van der Waals surface area (Å²) in [6.45, 7) is 4.63. The van der Waals surface area contributed by atoms with Gasteiger partial charge in [-0.2, -0.15) is 0 Å². The Labute approximate surface area is 207 Å². The zero-order valence-corrected chi connectivity index (χ0v) is 23.9. The van der Waals surface area contributed by atoms with Crippen LogP contribution in [0.3, 0.4) is 0 Å². The van der Waals surface area contributed by atoms with Gasteiger partial charge >= 0.3 is 7.60 Å². The maximum absolute atomic E-state index is 12.5. The van der Waals surface area contributed by atoms with Crippen molar-refractivity contribution in [3.63, 3.8) is 0 Å². The second-order valence-corrected chi connectivity index (χ2v) is 12.7. The van der Waals surface area contributed by atoms with Crippen molar-refractivity contribution >= 4 is 7.60 Å². The van der Waals surface area contributed by atoms with E-state index in [9.17, 15) is 9.46 Å². The highest BCUT2D eigenvalue weighted by molar-refractivity contribution is 7.53. The number of quaternary nitrogens is 1. The third kappa shape index (κ3) is 19.8. The molecule has 5 heteroatoms. The lowest BCUT2D eigenvalue weighted by Gasteiger charge is -2.35. The van der Waals surface area contributed by atoms with Crippen LogP contribution in [-0.2, 0) is 9.09 Å². The molecule has 0 bridgehead atoms. The van der Waals surface area contributed by atoms with Crippen molar-refractivity contribution in [3.8, 4) is 0 Å². The molecule has 0 radical (unpaired) electrons. The lowest BCUT2D eigenvalue weighted by atomic mass is 10.0. The van der Waals surface area contributed by atoms with Crippen LogP contribution in [-0.4, -0.2) is 42.9 Å². The fraction of sp³-hybridized carbons (Fsp3) is 0.929. The van der Waals surface area contributed by atoms with Crippen LogP contribution in [0.5, 0.6) is 0 Å². The second-order valence-electron chi connectivity index (χ2n) is 10.8. The maximum atomic E-state index is 12.5. The Morgan fingerprint density at radius 2 is 1.09 bits per heavy atom. The molecular weight excluding hydrogens is 429 g/mol. The summed E-state index contributed by atoms with van der Waals surface area (Å²) in [5, 5.41) is 0. The molecule has 0 saturated carbocycles. The van der Waals surface area contributed by atoms with Crippen LogP contribution in [0.4, 0.5) is 0 Å². The van der Waals surface area contributed by atoms with Crippen LogP contribution in [0, 0.1) is 0 Å². The highest BCUT2D eigenvalue weighted by Crippen LogP contribution is 2.51. The average molecular weight is 489 g/mol. The molecular formula is C28H59NO3P+. The Balaban J connectivity index is 3.41. The van der Waals surface area contributed by atoms with E-state index in [2.05, 4.69) is 19.1 Å². The summed E-state index contributed by atoms with van der Waals surface area (Å²) in [4.78, 5) is 10.3. The number of hydrogen-bond acceptors (Lipinski definition) is 2. The largest absolute Gasteiger partial charge is 0.385 e. The number of allylic oxidation sites excluding steroid dienone is 2. The number of nitrogens with zero attached hydrogens (tertiary/aromatic N) is 1. The van der Waals surface area contributed by atoms with E-state index in [1.807, 2.05) is 28.1 Å². The standard InChI is InChI=1S/C28H58NO3P/c1-6-8-9-10-11-12-13-14-15-16-17-18-19-20-21-22-23-24-25-26-27-32-33(30,31)28(7-2)29(3,4)5/h13-14,28H,6-12,15-27H2,1-5H3/p+1/b14-13-. The predicted octanol–water partition coefficient (Wildman–Crippen LogP) is 9.23. The van der Waals surface area contributed by atoms with Crippen LogP contribution in [0.15, 0.2) is 12.2 Å². The normalized spacial score (nSPS) is 15.2. The van der Waals surface area contributed by atoms with Gasteiger partial charge in [-0.05, 0) is 32.1 Å². The van der Waals surface area contributed by atoms with Crippen molar-refractivity contribution < 1.29 is 18.5 Å². The van der Waals surface area contributed by atoms with E-state index in [1.165, 1.54) is 103 Å². The van der Waals surface area contributed by atoms with Crippen LogP contribution >= 0.6 is 7.60 Å². The average Bonchev–Trinajstić information content (AvgIpc) is 2.74. The molecule has 0 amide bonds. The summed E-state index contributed by atoms with van der Waals surface area (Å²) in [5.41, 5.74) is 0.